The quantitative estimate of drug-likeness (QED) is 0.837. The number of hydrogen-bond acceptors (Lipinski definition) is 4. The fourth-order valence-corrected chi connectivity index (χ4v) is 2.98. The smallest absolute Gasteiger partial charge is 0.227 e. The van der Waals surface area contributed by atoms with Crippen molar-refractivity contribution < 1.29 is 14.3 Å². The van der Waals surface area contributed by atoms with Gasteiger partial charge < -0.3 is 20.1 Å². The topological polar surface area (TPSA) is 59.6 Å². The van der Waals surface area contributed by atoms with E-state index in [0.717, 1.165) is 32.5 Å². The summed E-state index contributed by atoms with van der Waals surface area (Å²) >= 11 is 6.07. The fraction of sp³-hybridized carbons (Fsp3) is 0.588. The summed E-state index contributed by atoms with van der Waals surface area (Å²) in [6, 6.07) is 5.29. The first-order chi connectivity index (χ1) is 11.1. The zero-order valence-electron chi connectivity index (χ0n) is 13.3. The van der Waals surface area contributed by atoms with Gasteiger partial charge in [0.15, 0.2) is 0 Å². The average Bonchev–Trinajstić information content (AvgIpc) is 2.98. The second-order valence-corrected chi connectivity index (χ2v) is 6.72. The third kappa shape index (κ3) is 4.16. The minimum atomic E-state index is -0.0405. The zero-order chi connectivity index (χ0) is 16.2. The van der Waals surface area contributed by atoms with Crippen LogP contribution in [0.3, 0.4) is 0 Å². The van der Waals surface area contributed by atoms with Crippen LogP contribution in [0.1, 0.15) is 19.8 Å². The SMILES string of the molecule is CC(C(=O)Nc1cc(Cl)ccc1OCC1CCCO1)C1CNC1. The van der Waals surface area contributed by atoms with Gasteiger partial charge in [-0.2, -0.15) is 0 Å². The summed E-state index contributed by atoms with van der Waals surface area (Å²) in [7, 11) is 0. The van der Waals surface area contributed by atoms with E-state index in [1.807, 2.05) is 6.92 Å². The van der Waals surface area contributed by atoms with Crippen molar-refractivity contribution in [1.29, 1.82) is 0 Å². The van der Waals surface area contributed by atoms with Gasteiger partial charge in [-0.3, -0.25) is 4.79 Å². The standard InChI is InChI=1S/C17H23ClN2O3/c1-11(12-8-19-9-12)17(21)20-15-7-13(18)4-5-16(15)23-10-14-3-2-6-22-14/h4-5,7,11-12,14,19H,2-3,6,8-10H2,1H3,(H,20,21). The maximum absolute atomic E-state index is 12.4. The first kappa shape index (κ1) is 16.6. The van der Waals surface area contributed by atoms with Gasteiger partial charge in [0, 0.05) is 17.5 Å². The van der Waals surface area contributed by atoms with Gasteiger partial charge in [-0.15, -0.1) is 0 Å². The number of carbonyl (C=O) groups excluding carboxylic acids is 1. The highest BCUT2D eigenvalue weighted by Gasteiger charge is 2.29. The lowest BCUT2D eigenvalue weighted by molar-refractivity contribution is -0.121. The predicted molar refractivity (Wildman–Crippen MR) is 90.1 cm³/mol. The lowest BCUT2D eigenvalue weighted by atomic mass is 9.88. The highest BCUT2D eigenvalue weighted by molar-refractivity contribution is 6.31. The number of rotatable bonds is 6. The second-order valence-electron chi connectivity index (χ2n) is 6.28. The average molecular weight is 339 g/mol. The molecule has 2 aliphatic heterocycles. The van der Waals surface area contributed by atoms with Crippen LogP contribution in [0, 0.1) is 11.8 Å². The van der Waals surface area contributed by atoms with Crippen LogP contribution >= 0.6 is 11.6 Å². The van der Waals surface area contributed by atoms with Crippen LogP contribution in [0.2, 0.25) is 5.02 Å². The van der Waals surface area contributed by atoms with Crippen molar-refractivity contribution in [3.8, 4) is 5.75 Å². The molecule has 5 nitrogen and oxygen atoms in total. The van der Waals surface area contributed by atoms with Crippen molar-refractivity contribution in [2.24, 2.45) is 11.8 Å². The van der Waals surface area contributed by atoms with Gasteiger partial charge in [-0.25, -0.2) is 0 Å². The molecule has 1 aromatic carbocycles. The molecule has 3 rings (SSSR count). The van der Waals surface area contributed by atoms with E-state index in [1.54, 1.807) is 18.2 Å². The molecule has 2 saturated heterocycles. The lowest BCUT2D eigenvalue weighted by Gasteiger charge is -2.31. The van der Waals surface area contributed by atoms with Crippen LogP contribution < -0.4 is 15.4 Å². The van der Waals surface area contributed by atoms with E-state index in [9.17, 15) is 4.79 Å². The number of hydrogen-bond donors (Lipinski definition) is 2. The Balaban J connectivity index is 1.64. The maximum atomic E-state index is 12.4. The summed E-state index contributed by atoms with van der Waals surface area (Å²) in [5.74, 6) is 0.990. The molecule has 2 aliphatic rings. The van der Waals surface area contributed by atoms with Crippen LogP contribution in [-0.2, 0) is 9.53 Å². The summed E-state index contributed by atoms with van der Waals surface area (Å²) < 4.78 is 11.4. The van der Waals surface area contributed by atoms with Crippen LogP contribution in [-0.4, -0.2) is 38.3 Å². The molecule has 0 aromatic heterocycles. The summed E-state index contributed by atoms with van der Waals surface area (Å²) in [5, 5.41) is 6.72. The van der Waals surface area contributed by atoms with Gasteiger partial charge in [0.1, 0.15) is 12.4 Å². The van der Waals surface area contributed by atoms with Crippen molar-refractivity contribution in [1.82, 2.24) is 5.32 Å². The summed E-state index contributed by atoms with van der Waals surface area (Å²) in [4.78, 5) is 12.4. The number of anilines is 1. The zero-order valence-corrected chi connectivity index (χ0v) is 14.1. The molecule has 0 spiro atoms. The van der Waals surface area contributed by atoms with Gasteiger partial charge in [0.2, 0.25) is 5.91 Å². The minimum Gasteiger partial charge on any atom is -0.489 e. The molecule has 2 atom stereocenters. The summed E-state index contributed by atoms with van der Waals surface area (Å²) in [6.45, 7) is 5.04. The van der Waals surface area contributed by atoms with E-state index in [-0.39, 0.29) is 17.9 Å². The molecule has 2 fully saturated rings. The Kier molecular flexibility index (Phi) is 5.41. The van der Waals surface area contributed by atoms with Gasteiger partial charge in [0.25, 0.3) is 0 Å². The molecule has 2 unspecified atom stereocenters. The molecule has 23 heavy (non-hydrogen) atoms. The van der Waals surface area contributed by atoms with Crippen LogP contribution in [0.15, 0.2) is 18.2 Å². The van der Waals surface area contributed by atoms with Gasteiger partial charge >= 0.3 is 0 Å². The van der Waals surface area contributed by atoms with E-state index in [0.29, 0.717) is 29.0 Å². The van der Waals surface area contributed by atoms with Gasteiger partial charge in [0.05, 0.1) is 11.8 Å². The largest absolute Gasteiger partial charge is 0.489 e. The monoisotopic (exact) mass is 338 g/mol. The third-order valence-electron chi connectivity index (χ3n) is 4.58. The van der Waals surface area contributed by atoms with E-state index in [1.165, 1.54) is 0 Å². The maximum Gasteiger partial charge on any atom is 0.227 e. The molecule has 1 aromatic rings. The first-order valence-electron chi connectivity index (χ1n) is 8.19. The fourth-order valence-electron chi connectivity index (χ4n) is 2.81. The summed E-state index contributed by atoms with van der Waals surface area (Å²) in [5.41, 5.74) is 0.625. The predicted octanol–water partition coefficient (Wildman–Crippen LogP) is 2.69. The van der Waals surface area contributed by atoms with Crippen LogP contribution in [0.5, 0.6) is 5.75 Å². The molecule has 0 saturated carbocycles. The molecular formula is C17H23ClN2O3. The van der Waals surface area contributed by atoms with E-state index in [2.05, 4.69) is 10.6 Å². The lowest BCUT2D eigenvalue weighted by Crippen LogP contribution is -2.48. The third-order valence-corrected chi connectivity index (χ3v) is 4.82. The Morgan fingerprint density at radius 1 is 1.52 bits per heavy atom. The number of halogens is 1. The molecular weight excluding hydrogens is 316 g/mol. The van der Waals surface area contributed by atoms with Gasteiger partial charge in [-0.1, -0.05) is 18.5 Å². The van der Waals surface area contributed by atoms with Crippen LogP contribution in [0.4, 0.5) is 5.69 Å². The van der Waals surface area contributed by atoms with E-state index in [4.69, 9.17) is 21.1 Å². The number of nitrogens with one attached hydrogen (secondary N) is 2. The van der Waals surface area contributed by atoms with Crippen molar-refractivity contribution in [2.75, 3.05) is 31.6 Å². The number of benzene rings is 1. The molecule has 0 bridgehead atoms. The van der Waals surface area contributed by atoms with Crippen molar-refractivity contribution in [3.05, 3.63) is 23.2 Å². The first-order valence-corrected chi connectivity index (χ1v) is 8.57. The van der Waals surface area contributed by atoms with E-state index < -0.39 is 0 Å². The van der Waals surface area contributed by atoms with Gasteiger partial charge in [-0.05, 0) is 50.0 Å². The number of ether oxygens (including phenoxy) is 2. The molecule has 0 aliphatic carbocycles. The minimum absolute atomic E-state index is 0.000679. The Labute approximate surface area is 141 Å². The van der Waals surface area contributed by atoms with Crippen molar-refractivity contribution >= 4 is 23.2 Å². The van der Waals surface area contributed by atoms with Crippen molar-refractivity contribution in [3.63, 3.8) is 0 Å². The number of amides is 1. The number of carbonyl (C=O) groups is 1. The Morgan fingerprint density at radius 2 is 2.35 bits per heavy atom. The molecule has 2 N–H and O–H groups in total. The normalized spacial score (nSPS) is 22.4. The Hall–Kier alpha value is -1.30. The molecule has 0 radical (unpaired) electrons. The second kappa shape index (κ2) is 7.51. The summed E-state index contributed by atoms with van der Waals surface area (Å²) in [6.07, 6.45) is 2.22. The van der Waals surface area contributed by atoms with E-state index >= 15 is 0 Å². The Bertz CT molecular complexity index is 557. The molecule has 6 heteroatoms. The highest BCUT2D eigenvalue weighted by atomic mass is 35.5. The van der Waals surface area contributed by atoms with Crippen molar-refractivity contribution in [2.45, 2.75) is 25.9 Å². The van der Waals surface area contributed by atoms with Crippen LogP contribution in [0.25, 0.3) is 0 Å². The molecule has 2 heterocycles. The molecule has 126 valence electrons. The Morgan fingerprint density at radius 3 is 3.00 bits per heavy atom. The molecule has 1 amide bonds. The highest BCUT2D eigenvalue weighted by Crippen LogP contribution is 2.30.